The van der Waals surface area contributed by atoms with Crippen LogP contribution in [0.4, 0.5) is 5.69 Å². The molecule has 1 amide bonds. The first-order valence-corrected chi connectivity index (χ1v) is 10.00. The molecule has 3 N–H and O–H groups in total. The summed E-state index contributed by atoms with van der Waals surface area (Å²) in [6.07, 6.45) is 3.42. The second kappa shape index (κ2) is 9.59. The molecule has 25 heavy (non-hydrogen) atoms. The lowest BCUT2D eigenvalue weighted by Crippen LogP contribution is -2.41. The average Bonchev–Trinajstić information content (AvgIpc) is 2.59. The van der Waals surface area contributed by atoms with Crippen LogP contribution in [-0.4, -0.2) is 34.7 Å². The quantitative estimate of drug-likeness (QED) is 0.326. The SMILES string of the molecule is CSc1ncc(Br)c(C(=O)NCC(C)NNc2c(Cl)cccc2Cl)n1. The van der Waals surface area contributed by atoms with Crippen molar-refractivity contribution in [3.8, 4) is 0 Å². The summed E-state index contributed by atoms with van der Waals surface area (Å²) in [4.78, 5) is 20.6. The first-order valence-electron chi connectivity index (χ1n) is 7.22. The van der Waals surface area contributed by atoms with Crippen molar-refractivity contribution >= 4 is 62.5 Å². The zero-order valence-corrected chi connectivity index (χ0v) is 17.4. The van der Waals surface area contributed by atoms with Crippen molar-refractivity contribution in [2.45, 2.75) is 18.1 Å². The van der Waals surface area contributed by atoms with Crippen molar-refractivity contribution in [3.63, 3.8) is 0 Å². The first kappa shape index (κ1) is 20.3. The van der Waals surface area contributed by atoms with E-state index in [0.29, 0.717) is 37.6 Å². The molecule has 0 fully saturated rings. The van der Waals surface area contributed by atoms with Crippen molar-refractivity contribution in [2.24, 2.45) is 0 Å². The van der Waals surface area contributed by atoms with Gasteiger partial charge in [-0.25, -0.2) is 15.4 Å². The fraction of sp³-hybridized carbons (Fsp3) is 0.267. The predicted molar refractivity (Wildman–Crippen MR) is 107 cm³/mol. The third kappa shape index (κ3) is 5.72. The third-order valence-corrected chi connectivity index (χ3v) is 4.87. The summed E-state index contributed by atoms with van der Waals surface area (Å²) in [5, 5.41) is 4.37. The number of thioether (sulfide) groups is 1. The van der Waals surface area contributed by atoms with Gasteiger partial charge in [0.15, 0.2) is 5.16 Å². The Balaban J connectivity index is 1.89. The van der Waals surface area contributed by atoms with Gasteiger partial charge in [-0.15, -0.1) is 0 Å². The van der Waals surface area contributed by atoms with E-state index in [2.05, 4.69) is 42.1 Å². The van der Waals surface area contributed by atoms with Gasteiger partial charge in [0.2, 0.25) is 0 Å². The molecule has 0 saturated carbocycles. The lowest BCUT2D eigenvalue weighted by Gasteiger charge is -2.18. The second-order valence-electron chi connectivity index (χ2n) is 5.03. The maximum Gasteiger partial charge on any atom is 0.271 e. The van der Waals surface area contributed by atoms with Crippen LogP contribution >= 0.6 is 50.9 Å². The van der Waals surface area contributed by atoms with Crippen LogP contribution < -0.4 is 16.2 Å². The minimum absolute atomic E-state index is 0.0862. The second-order valence-corrected chi connectivity index (χ2v) is 7.47. The van der Waals surface area contributed by atoms with E-state index in [0.717, 1.165) is 0 Å². The number of hydrogen-bond donors (Lipinski definition) is 3. The lowest BCUT2D eigenvalue weighted by atomic mass is 10.3. The Kier molecular flexibility index (Phi) is 7.77. The molecule has 0 radical (unpaired) electrons. The molecule has 1 unspecified atom stereocenters. The van der Waals surface area contributed by atoms with E-state index in [9.17, 15) is 4.79 Å². The highest BCUT2D eigenvalue weighted by atomic mass is 79.9. The fourth-order valence-corrected chi connectivity index (χ4v) is 3.01. The molecule has 0 bridgehead atoms. The minimum Gasteiger partial charge on any atom is -0.349 e. The molecule has 6 nitrogen and oxygen atoms in total. The molecule has 1 heterocycles. The van der Waals surface area contributed by atoms with E-state index in [4.69, 9.17) is 23.2 Å². The zero-order chi connectivity index (χ0) is 18.4. The standard InChI is InChI=1S/C15H16BrCl2N5OS/c1-8(22-23-13-10(17)4-3-5-11(13)18)6-19-14(24)12-9(16)7-20-15(21-12)25-2/h3-5,7-8,22-23H,6H2,1-2H3,(H,19,24). The largest absolute Gasteiger partial charge is 0.349 e. The monoisotopic (exact) mass is 463 g/mol. The van der Waals surface area contributed by atoms with E-state index in [1.54, 1.807) is 24.4 Å². The van der Waals surface area contributed by atoms with Gasteiger partial charge in [0.25, 0.3) is 5.91 Å². The van der Waals surface area contributed by atoms with Gasteiger partial charge >= 0.3 is 0 Å². The number of halogens is 3. The highest BCUT2D eigenvalue weighted by Gasteiger charge is 2.15. The van der Waals surface area contributed by atoms with Gasteiger partial charge in [-0.1, -0.05) is 41.0 Å². The Bertz CT molecular complexity index is 744. The molecule has 134 valence electrons. The maximum atomic E-state index is 12.3. The van der Waals surface area contributed by atoms with E-state index >= 15 is 0 Å². The molecule has 0 aliphatic rings. The lowest BCUT2D eigenvalue weighted by molar-refractivity contribution is 0.0943. The van der Waals surface area contributed by atoms with Gasteiger partial charge in [-0.3, -0.25) is 4.79 Å². The van der Waals surface area contributed by atoms with Gasteiger partial charge in [0.05, 0.1) is 20.2 Å². The Morgan fingerprint density at radius 3 is 2.68 bits per heavy atom. The Labute approximate surface area is 168 Å². The summed E-state index contributed by atoms with van der Waals surface area (Å²) in [6, 6.07) is 5.15. The summed E-state index contributed by atoms with van der Waals surface area (Å²) in [5.74, 6) is -0.283. The summed E-state index contributed by atoms with van der Waals surface area (Å²) < 4.78 is 0.546. The van der Waals surface area contributed by atoms with Crippen LogP contribution in [0, 0.1) is 0 Å². The van der Waals surface area contributed by atoms with E-state index < -0.39 is 0 Å². The highest BCUT2D eigenvalue weighted by Crippen LogP contribution is 2.29. The molecular weight excluding hydrogens is 449 g/mol. The molecule has 1 atom stereocenters. The number of hydrogen-bond acceptors (Lipinski definition) is 6. The molecule has 0 spiro atoms. The van der Waals surface area contributed by atoms with Crippen molar-refractivity contribution in [1.82, 2.24) is 20.7 Å². The number of anilines is 1. The van der Waals surface area contributed by atoms with Crippen LogP contribution in [0.5, 0.6) is 0 Å². The topological polar surface area (TPSA) is 78.9 Å². The van der Waals surface area contributed by atoms with Crippen LogP contribution in [0.1, 0.15) is 17.4 Å². The zero-order valence-electron chi connectivity index (χ0n) is 13.4. The number of carbonyl (C=O) groups excluding carboxylic acids is 1. The molecule has 2 aromatic rings. The Morgan fingerprint density at radius 2 is 2.04 bits per heavy atom. The van der Waals surface area contributed by atoms with Gasteiger partial charge < -0.3 is 10.7 Å². The number of nitrogens with one attached hydrogen (secondary N) is 3. The molecule has 0 aliphatic heterocycles. The average molecular weight is 465 g/mol. The molecule has 1 aromatic heterocycles. The van der Waals surface area contributed by atoms with Crippen molar-refractivity contribution < 1.29 is 4.79 Å². The predicted octanol–water partition coefficient (Wildman–Crippen LogP) is 4.00. The fourth-order valence-electron chi connectivity index (χ4n) is 1.80. The number of hydrazine groups is 1. The molecule has 0 saturated heterocycles. The van der Waals surface area contributed by atoms with E-state index in [1.807, 2.05) is 13.2 Å². The molecule has 0 aliphatic carbocycles. The van der Waals surface area contributed by atoms with Crippen LogP contribution in [0.15, 0.2) is 34.0 Å². The number of aromatic nitrogens is 2. The smallest absolute Gasteiger partial charge is 0.271 e. The van der Waals surface area contributed by atoms with Crippen LogP contribution in [0.3, 0.4) is 0 Å². The van der Waals surface area contributed by atoms with Crippen LogP contribution in [-0.2, 0) is 0 Å². The van der Waals surface area contributed by atoms with Gasteiger partial charge in [0, 0.05) is 18.8 Å². The number of rotatable bonds is 7. The van der Waals surface area contributed by atoms with Crippen LogP contribution in [0.25, 0.3) is 0 Å². The summed E-state index contributed by atoms with van der Waals surface area (Å²) in [7, 11) is 0. The third-order valence-electron chi connectivity index (χ3n) is 3.09. The van der Waals surface area contributed by atoms with Gasteiger partial charge in [-0.2, -0.15) is 0 Å². The normalized spacial score (nSPS) is 11.9. The number of amides is 1. The molecule has 2 rings (SSSR count). The highest BCUT2D eigenvalue weighted by molar-refractivity contribution is 9.10. The van der Waals surface area contributed by atoms with Crippen molar-refractivity contribution in [1.29, 1.82) is 0 Å². The maximum absolute atomic E-state index is 12.3. The first-order chi connectivity index (χ1) is 11.9. The number of benzene rings is 1. The number of carbonyl (C=O) groups is 1. The Morgan fingerprint density at radius 1 is 1.36 bits per heavy atom. The molecule has 10 heteroatoms. The van der Waals surface area contributed by atoms with Crippen LogP contribution in [0.2, 0.25) is 10.0 Å². The minimum atomic E-state index is -0.283. The Hall–Kier alpha value is -1.06. The van der Waals surface area contributed by atoms with E-state index in [-0.39, 0.29) is 11.9 Å². The van der Waals surface area contributed by atoms with Crippen molar-refractivity contribution in [2.75, 3.05) is 18.2 Å². The number of para-hydroxylation sites is 1. The number of nitrogens with zero attached hydrogens (tertiary/aromatic N) is 2. The molecule has 1 aromatic carbocycles. The summed E-state index contributed by atoms with van der Waals surface area (Å²) in [6.45, 7) is 2.28. The van der Waals surface area contributed by atoms with Gasteiger partial charge in [0.1, 0.15) is 5.69 Å². The van der Waals surface area contributed by atoms with Crippen molar-refractivity contribution in [3.05, 3.63) is 44.6 Å². The summed E-state index contributed by atoms with van der Waals surface area (Å²) >= 11 is 16.8. The van der Waals surface area contributed by atoms with E-state index in [1.165, 1.54) is 11.8 Å². The van der Waals surface area contributed by atoms with Gasteiger partial charge in [-0.05, 0) is 41.2 Å². The summed E-state index contributed by atoms with van der Waals surface area (Å²) in [5.41, 5.74) is 6.90. The molecular formula is C15H16BrCl2N5OS.